The molecule has 0 bridgehead atoms. The van der Waals surface area contributed by atoms with E-state index in [4.69, 9.17) is 0 Å². The Labute approximate surface area is 84.4 Å². The number of hydrogen-bond donors (Lipinski definition) is 1. The first-order valence-electron chi connectivity index (χ1n) is 5.08. The van der Waals surface area contributed by atoms with Crippen molar-refractivity contribution in [2.24, 2.45) is 9.98 Å². The van der Waals surface area contributed by atoms with Gasteiger partial charge in [0.05, 0.1) is 11.4 Å². The van der Waals surface area contributed by atoms with Crippen LogP contribution in [0, 0.1) is 0 Å². The Bertz CT molecular complexity index is 327. The van der Waals surface area contributed by atoms with Gasteiger partial charge in [-0.2, -0.15) is 0 Å². The first-order valence-corrected chi connectivity index (χ1v) is 5.08. The minimum atomic E-state index is 0.224. The fourth-order valence-corrected chi connectivity index (χ4v) is 1.68. The van der Waals surface area contributed by atoms with Gasteiger partial charge in [-0.05, 0) is 20.3 Å². The molecule has 0 amide bonds. The van der Waals surface area contributed by atoms with Gasteiger partial charge in [0.15, 0.2) is 5.84 Å². The maximum Gasteiger partial charge on any atom is 0.165 e. The zero-order valence-electron chi connectivity index (χ0n) is 8.91. The first-order chi connectivity index (χ1) is 6.72. The van der Waals surface area contributed by atoms with Crippen molar-refractivity contribution in [2.75, 3.05) is 0 Å². The third-order valence-electron chi connectivity index (χ3n) is 2.45. The Balaban J connectivity index is 2.21. The van der Waals surface area contributed by atoms with Crippen LogP contribution in [0.4, 0.5) is 0 Å². The highest BCUT2D eigenvalue weighted by molar-refractivity contribution is 6.41. The van der Waals surface area contributed by atoms with Gasteiger partial charge in [-0.1, -0.05) is 13.3 Å². The second-order valence-corrected chi connectivity index (χ2v) is 3.71. The Morgan fingerprint density at radius 2 is 2.29 bits per heavy atom. The fraction of sp³-hybridized carbons (Fsp3) is 0.600. The highest BCUT2D eigenvalue weighted by Crippen LogP contribution is 2.17. The second kappa shape index (κ2) is 3.53. The summed E-state index contributed by atoms with van der Waals surface area (Å²) in [4.78, 5) is 8.88. The highest BCUT2D eigenvalue weighted by Gasteiger charge is 2.28. The molecular weight excluding hydrogens is 176 g/mol. The van der Waals surface area contributed by atoms with Gasteiger partial charge < -0.3 is 0 Å². The summed E-state index contributed by atoms with van der Waals surface area (Å²) in [5.74, 6) is 0.975. The van der Waals surface area contributed by atoms with Crippen LogP contribution in [-0.2, 0) is 0 Å². The van der Waals surface area contributed by atoms with E-state index in [1.807, 2.05) is 25.1 Å². The third-order valence-corrected chi connectivity index (χ3v) is 2.45. The summed E-state index contributed by atoms with van der Waals surface area (Å²) in [5, 5.41) is 2.03. The average Bonchev–Trinajstić information content (AvgIpc) is 2.57. The molecule has 0 radical (unpaired) electrons. The van der Waals surface area contributed by atoms with Crippen LogP contribution in [-0.4, -0.2) is 22.7 Å². The maximum atomic E-state index is 4.59. The molecule has 0 aromatic heterocycles. The molecule has 76 valence electrons. The van der Waals surface area contributed by atoms with E-state index in [-0.39, 0.29) is 6.17 Å². The number of nitrogens with zero attached hydrogens (tertiary/aromatic N) is 3. The predicted molar refractivity (Wildman–Crippen MR) is 58.0 cm³/mol. The van der Waals surface area contributed by atoms with Gasteiger partial charge in [-0.15, -0.1) is 0 Å². The first kappa shape index (κ1) is 9.40. The van der Waals surface area contributed by atoms with Crippen molar-refractivity contribution in [3.8, 4) is 0 Å². The predicted octanol–water partition coefficient (Wildman–Crippen LogP) is 1.67. The van der Waals surface area contributed by atoms with Crippen molar-refractivity contribution in [1.29, 1.82) is 0 Å². The quantitative estimate of drug-likeness (QED) is 0.723. The van der Waals surface area contributed by atoms with Crippen LogP contribution in [0.1, 0.15) is 33.6 Å². The number of hydrogen-bond acceptors (Lipinski definition) is 4. The van der Waals surface area contributed by atoms with Crippen LogP contribution in [0.25, 0.3) is 0 Å². The van der Waals surface area contributed by atoms with Crippen molar-refractivity contribution in [3.05, 3.63) is 11.9 Å². The van der Waals surface area contributed by atoms with Crippen molar-refractivity contribution in [3.63, 3.8) is 0 Å². The number of allylic oxidation sites excluding steroid dienone is 1. The standard InChI is InChI=1S/C10H16N4/c1-4-5-9-12-10-8(3)11-6-7(2)14(10)13-9/h6,9,13H,4-5H2,1-3H3. The van der Waals surface area contributed by atoms with E-state index in [0.717, 1.165) is 30.1 Å². The van der Waals surface area contributed by atoms with E-state index >= 15 is 0 Å². The van der Waals surface area contributed by atoms with E-state index < -0.39 is 0 Å². The molecule has 2 aliphatic rings. The molecule has 2 aliphatic heterocycles. The lowest BCUT2D eigenvalue weighted by atomic mass is 10.3. The summed E-state index contributed by atoms with van der Waals surface area (Å²) in [5.41, 5.74) is 5.45. The van der Waals surface area contributed by atoms with Gasteiger partial charge in [-0.25, -0.2) is 10.4 Å². The maximum absolute atomic E-state index is 4.59. The molecule has 14 heavy (non-hydrogen) atoms. The van der Waals surface area contributed by atoms with E-state index in [1.165, 1.54) is 0 Å². The Kier molecular flexibility index (Phi) is 2.37. The van der Waals surface area contributed by atoms with E-state index in [0.29, 0.717) is 0 Å². The topological polar surface area (TPSA) is 40.0 Å². The van der Waals surface area contributed by atoms with Gasteiger partial charge >= 0.3 is 0 Å². The summed E-state index contributed by atoms with van der Waals surface area (Å²) in [6.07, 6.45) is 4.30. The van der Waals surface area contributed by atoms with Crippen molar-refractivity contribution >= 4 is 11.5 Å². The summed E-state index contributed by atoms with van der Waals surface area (Å²) in [6, 6.07) is 0. The molecule has 2 rings (SSSR count). The molecular formula is C10H16N4. The monoisotopic (exact) mass is 192 g/mol. The van der Waals surface area contributed by atoms with Gasteiger partial charge in [-0.3, -0.25) is 10.0 Å². The van der Waals surface area contributed by atoms with Crippen LogP contribution in [0.5, 0.6) is 0 Å². The lowest BCUT2D eigenvalue weighted by molar-refractivity contribution is 0.344. The molecule has 1 unspecified atom stereocenters. The van der Waals surface area contributed by atoms with Crippen LogP contribution < -0.4 is 5.43 Å². The molecule has 1 atom stereocenters. The normalized spacial score (nSPS) is 25.5. The lowest BCUT2D eigenvalue weighted by Gasteiger charge is -2.24. The Morgan fingerprint density at radius 1 is 1.50 bits per heavy atom. The molecule has 0 saturated heterocycles. The van der Waals surface area contributed by atoms with Gasteiger partial charge in [0.2, 0.25) is 0 Å². The number of nitrogens with one attached hydrogen (secondary N) is 1. The minimum Gasteiger partial charge on any atom is -0.259 e. The van der Waals surface area contributed by atoms with Gasteiger partial charge in [0.1, 0.15) is 6.17 Å². The van der Waals surface area contributed by atoms with E-state index in [1.54, 1.807) is 0 Å². The number of fused-ring (bicyclic) bond motifs is 1. The summed E-state index contributed by atoms with van der Waals surface area (Å²) >= 11 is 0. The lowest BCUT2D eigenvalue weighted by Crippen LogP contribution is -2.42. The zero-order valence-corrected chi connectivity index (χ0v) is 8.91. The van der Waals surface area contributed by atoms with E-state index in [2.05, 4.69) is 22.3 Å². The minimum absolute atomic E-state index is 0.224. The van der Waals surface area contributed by atoms with Crippen LogP contribution >= 0.6 is 0 Å². The van der Waals surface area contributed by atoms with Crippen molar-refractivity contribution < 1.29 is 0 Å². The molecule has 0 fully saturated rings. The molecule has 0 saturated carbocycles. The number of hydrazine groups is 1. The van der Waals surface area contributed by atoms with Crippen LogP contribution in [0.15, 0.2) is 21.9 Å². The van der Waals surface area contributed by atoms with Crippen LogP contribution in [0.3, 0.4) is 0 Å². The molecule has 0 aliphatic carbocycles. The smallest absolute Gasteiger partial charge is 0.165 e. The molecule has 1 N–H and O–H groups in total. The molecule has 4 heteroatoms. The number of aliphatic imine (C=N–C) groups is 2. The number of amidine groups is 1. The Morgan fingerprint density at radius 3 is 2.93 bits per heavy atom. The van der Waals surface area contributed by atoms with Gasteiger partial charge in [0, 0.05) is 6.20 Å². The van der Waals surface area contributed by atoms with Crippen molar-refractivity contribution in [1.82, 2.24) is 10.4 Å². The van der Waals surface area contributed by atoms with Crippen LogP contribution in [0.2, 0.25) is 0 Å². The van der Waals surface area contributed by atoms with Crippen molar-refractivity contribution in [2.45, 2.75) is 39.8 Å². The third kappa shape index (κ3) is 1.46. The molecule has 4 nitrogen and oxygen atoms in total. The summed E-state index contributed by atoms with van der Waals surface area (Å²) < 4.78 is 0. The summed E-state index contributed by atoms with van der Waals surface area (Å²) in [7, 11) is 0. The SMILES string of the molecule is CCCC1N=C2C(C)=NC=C(C)N2N1. The molecule has 2 heterocycles. The largest absolute Gasteiger partial charge is 0.259 e. The Hall–Kier alpha value is -1.16. The second-order valence-electron chi connectivity index (χ2n) is 3.71. The molecule has 0 aromatic carbocycles. The zero-order chi connectivity index (χ0) is 10.1. The van der Waals surface area contributed by atoms with E-state index in [9.17, 15) is 0 Å². The van der Waals surface area contributed by atoms with Gasteiger partial charge in [0.25, 0.3) is 0 Å². The molecule has 0 spiro atoms. The highest BCUT2D eigenvalue weighted by atomic mass is 15.6. The molecule has 0 aromatic rings. The number of rotatable bonds is 2. The fourth-order valence-electron chi connectivity index (χ4n) is 1.68. The average molecular weight is 192 g/mol. The summed E-state index contributed by atoms with van der Waals surface area (Å²) in [6.45, 7) is 6.19.